The van der Waals surface area contributed by atoms with Crippen LogP contribution in [0.1, 0.15) is 49.4 Å². The van der Waals surface area contributed by atoms with Crippen molar-refractivity contribution in [3.8, 4) is 0 Å². The van der Waals surface area contributed by atoms with Crippen molar-refractivity contribution in [2.75, 3.05) is 18.4 Å². The molecular formula is C18H25N3O2. The average Bonchev–Trinajstić information content (AvgIpc) is 3.39. The van der Waals surface area contributed by atoms with Crippen molar-refractivity contribution >= 4 is 17.5 Å². The number of benzene rings is 1. The molecule has 1 aromatic rings. The molecule has 1 aliphatic carbocycles. The normalized spacial score (nSPS) is 19.1. The maximum absolute atomic E-state index is 12.5. The van der Waals surface area contributed by atoms with E-state index in [9.17, 15) is 9.59 Å². The molecule has 0 spiro atoms. The van der Waals surface area contributed by atoms with Crippen LogP contribution in [0.15, 0.2) is 24.3 Å². The molecule has 2 aliphatic rings. The van der Waals surface area contributed by atoms with Crippen LogP contribution >= 0.6 is 0 Å². The first-order chi connectivity index (χ1) is 11.1. The van der Waals surface area contributed by atoms with E-state index >= 15 is 0 Å². The van der Waals surface area contributed by atoms with Gasteiger partial charge in [-0.1, -0.05) is 6.07 Å². The molecule has 23 heavy (non-hydrogen) atoms. The third kappa shape index (κ3) is 4.24. The Bertz CT molecular complexity index is 577. The molecule has 1 saturated heterocycles. The van der Waals surface area contributed by atoms with Crippen LogP contribution in [0.4, 0.5) is 5.69 Å². The van der Waals surface area contributed by atoms with Gasteiger partial charge in [0.15, 0.2) is 0 Å². The van der Waals surface area contributed by atoms with E-state index < -0.39 is 0 Å². The first-order valence-corrected chi connectivity index (χ1v) is 8.60. The van der Waals surface area contributed by atoms with Crippen molar-refractivity contribution < 1.29 is 9.59 Å². The van der Waals surface area contributed by atoms with Crippen LogP contribution in [0.3, 0.4) is 0 Å². The number of hydrogen-bond acceptors (Lipinski definition) is 3. The number of nitrogens with one attached hydrogen (secondary N) is 2. The minimum Gasteiger partial charge on any atom is -0.374 e. The maximum Gasteiger partial charge on any atom is 0.251 e. The van der Waals surface area contributed by atoms with Crippen LogP contribution in [0.5, 0.6) is 0 Å². The van der Waals surface area contributed by atoms with E-state index in [1.807, 2.05) is 30.0 Å². The lowest BCUT2D eigenvalue weighted by Crippen LogP contribution is -2.43. The summed E-state index contributed by atoms with van der Waals surface area (Å²) in [6.45, 7) is 3.59. The predicted molar refractivity (Wildman–Crippen MR) is 90.4 cm³/mol. The number of hydrogen-bond donors (Lipinski definition) is 2. The summed E-state index contributed by atoms with van der Waals surface area (Å²) in [5, 5.41) is 6.22. The van der Waals surface area contributed by atoms with Crippen molar-refractivity contribution in [3.63, 3.8) is 0 Å². The Hall–Kier alpha value is -2.04. The highest BCUT2D eigenvalue weighted by atomic mass is 16.2. The van der Waals surface area contributed by atoms with Crippen LogP contribution < -0.4 is 10.6 Å². The average molecular weight is 315 g/mol. The fourth-order valence-corrected chi connectivity index (χ4v) is 2.95. The van der Waals surface area contributed by atoms with E-state index in [-0.39, 0.29) is 17.9 Å². The molecule has 1 aliphatic heterocycles. The number of amides is 2. The fourth-order valence-electron chi connectivity index (χ4n) is 2.95. The smallest absolute Gasteiger partial charge is 0.251 e. The molecule has 0 aromatic heterocycles. The first-order valence-electron chi connectivity index (χ1n) is 8.60. The Morgan fingerprint density at radius 2 is 1.91 bits per heavy atom. The zero-order valence-electron chi connectivity index (χ0n) is 13.7. The lowest BCUT2D eigenvalue weighted by molar-refractivity contribution is -0.132. The van der Waals surface area contributed by atoms with Gasteiger partial charge >= 0.3 is 0 Å². The van der Waals surface area contributed by atoms with Gasteiger partial charge in [-0.05, 0) is 57.2 Å². The maximum atomic E-state index is 12.5. The minimum absolute atomic E-state index is 0.0360. The van der Waals surface area contributed by atoms with Gasteiger partial charge in [0.1, 0.15) is 6.04 Å². The molecular weight excluding hydrogens is 290 g/mol. The van der Waals surface area contributed by atoms with E-state index in [0.29, 0.717) is 11.6 Å². The lowest BCUT2D eigenvalue weighted by Gasteiger charge is -2.29. The molecule has 0 unspecified atom stereocenters. The van der Waals surface area contributed by atoms with Gasteiger partial charge in [0.2, 0.25) is 5.91 Å². The second-order valence-electron chi connectivity index (χ2n) is 6.58. The van der Waals surface area contributed by atoms with Gasteiger partial charge in [-0.25, -0.2) is 0 Å². The molecule has 0 radical (unpaired) electrons. The molecule has 0 bridgehead atoms. The summed E-state index contributed by atoms with van der Waals surface area (Å²) in [6.07, 6.45) is 5.55. The van der Waals surface area contributed by atoms with E-state index in [1.165, 1.54) is 6.42 Å². The van der Waals surface area contributed by atoms with Crippen molar-refractivity contribution in [1.82, 2.24) is 10.2 Å². The number of likely N-dealkylation sites (tertiary alicyclic amines) is 1. The van der Waals surface area contributed by atoms with Crippen molar-refractivity contribution in [1.29, 1.82) is 0 Å². The van der Waals surface area contributed by atoms with Crippen molar-refractivity contribution in [2.24, 2.45) is 0 Å². The SMILES string of the molecule is C[C@@H](Nc1cccc(C(=O)NC2CC2)c1)C(=O)N1CCCCC1. The van der Waals surface area contributed by atoms with Gasteiger partial charge in [0, 0.05) is 30.4 Å². The van der Waals surface area contributed by atoms with Crippen LogP contribution in [-0.4, -0.2) is 41.9 Å². The summed E-state index contributed by atoms with van der Waals surface area (Å²) in [7, 11) is 0. The van der Waals surface area contributed by atoms with E-state index in [2.05, 4.69) is 10.6 Å². The number of nitrogens with zero attached hydrogens (tertiary/aromatic N) is 1. The number of carbonyl (C=O) groups excluding carboxylic acids is 2. The molecule has 1 atom stereocenters. The summed E-state index contributed by atoms with van der Waals surface area (Å²) < 4.78 is 0. The second kappa shape index (κ2) is 7.02. The third-order valence-electron chi connectivity index (χ3n) is 4.46. The van der Waals surface area contributed by atoms with Crippen molar-refractivity contribution in [3.05, 3.63) is 29.8 Å². The van der Waals surface area contributed by atoms with Gasteiger partial charge in [0.25, 0.3) is 5.91 Å². The van der Waals surface area contributed by atoms with Crippen LogP contribution in [0, 0.1) is 0 Å². The quantitative estimate of drug-likeness (QED) is 0.877. The van der Waals surface area contributed by atoms with E-state index in [1.54, 1.807) is 6.07 Å². The Morgan fingerprint density at radius 1 is 1.17 bits per heavy atom. The van der Waals surface area contributed by atoms with Crippen molar-refractivity contribution in [2.45, 2.75) is 51.1 Å². The van der Waals surface area contributed by atoms with Gasteiger partial charge in [-0.2, -0.15) is 0 Å². The summed E-state index contributed by atoms with van der Waals surface area (Å²) in [5.41, 5.74) is 1.45. The molecule has 5 nitrogen and oxygen atoms in total. The molecule has 2 N–H and O–H groups in total. The molecule has 2 amide bonds. The monoisotopic (exact) mass is 315 g/mol. The number of anilines is 1. The van der Waals surface area contributed by atoms with E-state index in [4.69, 9.17) is 0 Å². The molecule has 1 aromatic carbocycles. The van der Waals surface area contributed by atoms with Gasteiger partial charge in [-0.15, -0.1) is 0 Å². The van der Waals surface area contributed by atoms with E-state index in [0.717, 1.165) is 44.5 Å². The number of carbonyl (C=O) groups is 2. The van der Waals surface area contributed by atoms with Gasteiger partial charge in [0.05, 0.1) is 0 Å². The van der Waals surface area contributed by atoms with Crippen LogP contribution in [-0.2, 0) is 4.79 Å². The zero-order chi connectivity index (χ0) is 16.2. The van der Waals surface area contributed by atoms with Gasteiger partial charge < -0.3 is 15.5 Å². The summed E-state index contributed by atoms with van der Waals surface area (Å²) in [6, 6.07) is 7.43. The van der Waals surface area contributed by atoms with Crippen LogP contribution in [0.2, 0.25) is 0 Å². The highest BCUT2D eigenvalue weighted by Crippen LogP contribution is 2.20. The summed E-state index contributed by atoms with van der Waals surface area (Å²) in [4.78, 5) is 26.5. The predicted octanol–water partition coefficient (Wildman–Crippen LogP) is 2.39. The Kier molecular flexibility index (Phi) is 4.84. The number of piperidine rings is 1. The lowest BCUT2D eigenvalue weighted by atomic mass is 10.1. The third-order valence-corrected chi connectivity index (χ3v) is 4.46. The highest BCUT2D eigenvalue weighted by Gasteiger charge is 2.24. The molecule has 1 saturated carbocycles. The summed E-state index contributed by atoms with van der Waals surface area (Å²) >= 11 is 0. The largest absolute Gasteiger partial charge is 0.374 e. The summed E-state index contributed by atoms with van der Waals surface area (Å²) in [5.74, 6) is 0.101. The Balaban J connectivity index is 1.59. The molecule has 1 heterocycles. The molecule has 3 rings (SSSR count). The Morgan fingerprint density at radius 3 is 2.61 bits per heavy atom. The fraction of sp³-hybridized carbons (Fsp3) is 0.556. The zero-order valence-corrected chi connectivity index (χ0v) is 13.7. The molecule has 124 valence electrons. The number of rotatable bonds is 5. The Labute approximate surface area is 137 Å². The van der Waals surface area contributed by atoms with Crippen LogP contribution in [0.25, 0.3) is 0 Å². The standard InChI is InChI=1S/C18H25N3O2/c1-13(18(23)21-10-3-2-4-11-21)19-16-7-5-6-14(12-16)17(22)20-15-8-9-15/h5-7,12-13,15,19H,2-4,8-11H2,1H3,(H,20,22)/t13-/m1/s1. The first kappa shape index (κ1) is 15.8. The topological polar surface area (TPSA) is 61.4 Å². The highest BCUT2D eigenvalue weighted by molar-refractivity contribution is 5.95. The molecule has 2 fully saturated rings. The van der Waals surface area contributed by atoms with Gasteiger partial charge in [-0.3, -0.25) is 9.59 Å². The minimum atomic E-state index is -0.283. The molecule has 5 heteroatoms. The second-order valence-corrected chi connectivity index (χ2v) is 6.58.